The van der Waals surface area contributed by atoms with Crippen molar-refractivity contribution in [2.24, 2.45) is 7.05 Å². The third-order valence-electron chi connectivity index (χ3n) is 3.86. The molecule has 2 aromatic rings. The number of halogens is 1. The molecule has 1 aliphatic heterocycles. The first-order chi connectivity index (χ1) is 10.1. The van der Waals surface area contributed by atoms with E-state index < -0.39 is 0 Å². The minimum absolute atomic E-state index is 0.327. The lowest BCUT2D eigenvalue weighted by Crippen LogP contribution is -2.51. The summed E-state index contributed by atoms with van der Waals surface area (Å²) in [6.07, 6.45) is 6.53. The van der Waals surface area contributed by atoms with Gasteiger partial charge in [0, 0.05) is 51.0 Å². The largest absolute Gasteiger partial charge is 0.351 e. The first-order valence-corrected chi connectivity index (χ1v) is 7.05. The number of piperazine rings is 1. The van der Waals surface area contributed by atoms with Crippen LogP contribution in [-0.2, 0) is 13.6 Å². The fourth-order valence-electron chi connectivity index (χ4n) is 2.75. The zero-order valence-corrected chi connectivity index (χ0v) is 12.3. The van der Waals surface area contributed by atoms with Crippen molar-refractivity contribution >= 4 is 5.82 Å². The van der Waals surface area contributed by atoms with Crippen molar-refractivity contribution in [1.82, 2.24) is 24.6 Å². The Morgan fingerprint density at radius 3 is 2.86 bits per heavy atom. The van der Waals surface area contributed by atoms with E-state index in [9.17, 15) is 4.39 Å². The number of aryl methyl sites for hydroxylation is 1. The first kappa shape index (κ1) is 13.9. The van der Waals surface area contributed by atoms with Crippen LogP contribution in [0.4, 0.5) is 10.2 Å². The van der Waals surface area contributed by atoms with Crippen molar-refractivity contribution in [2.75, 3.05) is 24.5 Å². The van der Waals surface area contributed by atoms with Gasteiger partial charge in [0.15, 0.2) is 11.6 Å². The summed E-state index contributed by atoms with van der Waals surface area (Å²) in [5, 5.41) is 4.19. The summed E-state index contributed by atoms with van der Waals surface area (Å²) in [4.78, 5) is 12.1. The maximum atomic E-state index is 13.8. The molecule has 1 aliphatic rings. The molecule has 1 atom stereocenters. The second kappa shape index (κ2) is 5.77. The van der Waals surface area contributed by atoms with E-state index in [0.717, 1.165) is 26.2 Å². The Kier molecular flexibility index (Phi) is 3.83. The lowest BCUT2D eigenvalue weighted by Gasteiger charge is -2.40. The standard InChI is InChI=1S/C14H19FN6/c1-11-7-21(14-13(15)6-16-10-17-14)4-3-20(11)9-12-5-18-19(2)8-12/h5-6,8,10-11H,3-4,7,9H2,1-2H3. The maximum Gasteiger partial charge on any atom is 0.183 e. The number of rotatable bonds is 3. The Morgan fingerprint density at radius 2 is 2.19 bits per heavy atom. The van der Waals surface area contributed by atoms with Gasteiger partial charge in [0.05, 0.1) is 12.4 Å². The fraction of sp³-hybridized carbons (Fsp3) is 0.500. The quantitative estimate of drug-likeness (QED) is 0.846. The predicted molar refractivity (Wildman–Crippen MR) is 77.3 cm³/mol. The third kappa shape index (κ3) is 3.02. The smallest absolute Gasteiger partial charge is 0.183 e. The number of hydrogen-bond donors (Lipinski definition) is 0. The fourth-order valence-corrected chi connectivity index (χ4v) is 2.75. The molecular weight excluding hydrogens is 271 g/mol. The number of anilines is 1. The van der Waals surface area contributed by atoms with Crippen LogP contribution in [0.2, 0.25) is 0 Å². The van der Waals surface area contributed by atoms with Crippen molar-refractivity contribution in [2.45, 2.75) is 19.5 Å². The van der Waals surface area contributed by atoms with Crippen molar-refractivity contribution < 1.29 is 4.39 Å². The summed E-state index contributed by atoms with van der Waals surface area (Å²) in [7, 11) is 1.92. The molecule has 0 amide bonds. The predicted octanol–water partition coefficient (Wildman–Crippen LogP) is 1.06. The maximum absolute atomic E-state index is 13.8. The Hall–Kier alpha value is -2.02. The second-order valence-corrected chi connectivity index (χ2v) is 5.48. The summed E-state index contributed by atoms with van der Waals surface area (Å²) >= 11 is 0. The van der Waals surface area contributed by atoms with Gasteiger partial charge in [0.2, 0.25) is 0 Å². The van der Waals surface area contributed by atoms with Crippen LogP contribution in [0, 0.1) is 5.82 Å². The van der Waals surface area contributed by atoms with Gasteiger partial charge in [-0.1, -0.05) is 0 Å². The molecule has 0 spiro atoms. The van der Waals surface area contributed by atoms with E-state index in [4.69, 9.17) is 0 Å². The molecule has 0 saturated carbocycles. The molecule has 6 nitrogen and oxygen atoms in total. The lowest BCUT2D eigenvalue weighted by molar-refractivity contribution is 0.180. The highest BCUT2D eigenvalue weighted by atomic mass is 19.1. The van der Waals surface area contributed by atoms with Crippen LogP contribution >= 0.6 is 0 Å². The molecule has 1 saturated heterocycles. The summed E-state index contributed by atoms with van der Waals surface area (Å²) in [5.74, 6) is 0.0447. The van der Waals surface area contributed by atoms with E-state index in [0.29, 0.717) is 11.9 Å². The molecule has 0 aromatic carbocycles. The Morgan fingerprint density at radius 1 is 1.33 bits per heavy atom. The molecule has 0 bridgehead atoms. The molecule has 0 aliphatic carbocycles. The van der Waals surface area contributed by atoms with Crippen LogP contribution in [0.25, 0.3) is 0 Å². The topological polar surface area (TPSA) is 50.1 Å². The summed E-state index contributed by atoms with van der Waals surface area (Å²) < 4.78 is 15.6. The zero-order chi connectivity index (χ0) is 14.8. The van der Waals surface area contributed by atoms with Crippen LogP contribution < -0.4 is 4.90 Å². The van der Waals surface area contributed by atoms with E-state index in [1.165, 1.54) is 18.1 Å². The molecule has 0 radical (unpaired) electrons. The lowest BCUT2D eigenvalue weighted by atomic mass is 10.1. The van der Waals surface area contributed by atoms with Crippen LogP contribution in [0.3, 0.4) is 0 Å². The number of aromatic nitrogens is 4. The minimum atomic E-state index is -0.356. The zero-order valence-electron chi connectivity index (χ0n) is 12.3. The molecule has 1 unspecified atom stereocenters. The van der Waals surface area contributed by atoms with Gasteiger partial charge in [-0.25, -0.2) is 14.4 Å². The highest BCUT2D eigenvalue weighted by molar-refractivity contribution is 5.39. The van der Waals surface area contributed by atoms with Crippen molar-refractivity contribution in [3.8, 4) is 0 Å². The van der Waals surface area contributed by atoms with Gasteiger partial charge in [-0.05, 0) is 6.92 Å². The Labute approximate surface area is 123 Å². The third-order valence-corrected chi connectivity index (χ3v) is 3.86. The summed E-state index contributed by atoms with van der Waals surface area (Å²) in [5.41, 5.74) is 1.20. The van der Waals surface area contributed by atoms with Gasteiger partial charge in [-0.3, -0.25) is 9.58 Å². The van der Waals surface area contributed by atoms with Gasteiger partial charge in [-0.2, -0.15) is 5.10 Å². The highest BCUT2D eigenvalue weighted by Gasteiger charge is 2.26. The number of hydrogen-bond acceptors (Lipinski definition) is 5. The van der Waals surface area contributed by atoms with Crippen molar-refractivity contribution in [1.29, 1.82) is 0 Å². The van der Waals surface area contributed by atoms with Gasteiger partial charge in [0.25, 0.3) is 0 Å². The average Bonchev–Trinajstić information content (AvgIpc) is 2.87. The van der Waals surface area contributed by atoms with Gasteiger partial charge >= 0.3 is 0 Å². The number of nitrogens with zero attached hydrogens (tertiary/aromatic N) is 6. The molecule has 3 heterocycles. The molecular formula is C14H19FN6. The van der Waals surface area contributed by atoms with Crippen LogP contribution in [0.1, 0.15) is 12.5 Å². The summed E-state index contributed by atoms with van der Waals surface area (Å²) in [6.45, 7) is 5.42. The van der Waals surface area contributed by atoms with E-state index in [-0.39, 0.29) is 5.82 Å². The van der Waals surface area contributed by atoms with Crippen LogP contribution in [-0.4, -0.2) is 50.3 Å². The van der Waals surface area contributed by atoms with Crippen LogP contribution in [0.15, 0.2) is 24.9 Å². The monoisotopic (exact) mass is 290 g/mol. The molecule has 2 aromatic heterocycles. The van der Waals surface area contributed by atoms with E-state index in [1.807, 2.05) is 29.0 Å². The van der Waals surface area contributed by atoms with Crippen molar-refractivity contribution in [3.05, 3.63) is 36.3 Å². The van der Waals surface area contributed by atoms with E-state index in [1.54, 1.807) is 0 Å². The Bertz CT molecular complexity index is 613. The molecule has 0 N–H and O–H groups in total. The van der Waals surface area contributed by atoms with E-state index in [2.05, 4.69) is 26.9 Å². The van der Waals surface area contributed by atoms with Gasteiger partial charge in [-0.15, -0.1) is 0 Å². The minimum Gasteiger partial charge on any atom is -0.351 e. The van der Waals surface area contributed by atoms with E-state index >= 15 is 0 Å². The molecule has 112 valence electrons. The van der Waals surface area contributed by atoms with Crippen LogP contribution in [0.5, 0.6) is 0 Å². The SMILES string of the molecule is CC1CN(c2ncncc2F)CCN1Cc1cnn(C)c1. The first-order valence-electron chi connectivity index (χ1n) is 7.05. The second-order valence-electron chi connectivity index (χ2n) is 5.48. The van der Waals surface area contributed by atoms with Gasteiger partial charge in [0.1, 0.15) is 6.33 Å². The molecule has 1 fully saturated rings. The van der Waals surface area contributed by atoms with Crippen molar-refractivity contribution in [3.63, 3.8) is 0 Å². The Balaban J connectivity index is 1.65. The molecule has 7 heteroatoms. The summed E-state index contributed by atoms with van der Waals surface area (Å²) in [6, 6.07) is 0.327. The highest BCUT2D eigenvalue weighted by Crippen LogP contribution is 2.20. The average molecular weight is 290 g/mol. The molecule has 21 heavy (non-hydrogen) atoms. The van der Waals surface area contributed by atoms with Gasteiger partial charge < -0.3 is 4.90 Å². The normalized spacial score (nSPS) is 20.0. The molecule has 3 rings (SSSR count).